The monoisotopic (exact) mass is 507 g/mol. The SMILES string of the molecule is N#Cc1cccc(Oc2cnc(N=N)c(NCc3cccc(-c4ncc(OC5CCNCC5)cn4)c3)n2)c1. The average molecular weight is 508 g/mol. The number of ether oxygens (including phenoxy) is 2. The molecule has 3 heterocycles. The first-order valence-corrected chi connectivity index (χ1v) is 12.2. The van der Waals surface area contributed by atoms with Crippen molar-refractivity contribution in [2.24, 2.45) is 5.11 Å². The maximum absolute atomic E-state index is 9.09. The van der Waals surface area contributed by atoms with E-state index in [0.717, 1.165) is 37.1 Å². The number of rotatable bonds is 9. The van der Waals surface area contributed by atoms with Crippen molar-refractivity contribution in [1.29, 1.82) is 10.8 Å². The molecule has 1 aliphatic rings. The molecule has 0 aliphatic carbocycles. The number of hydrogen-bond donors (Lipinski definition) is 3. The molecule has 1 aliphatic heterocycles. The zero-order valence-corrected chi connectivity index (χ0v) is 20.5. The van der Waals surface area contributed by atoms with Crippen LogP contribution in [-0.4, -0.2) is 39.1 Å². The Morgan fingerprint density at radius 3 is 2.63 bits per heavy atom. The first-order chi connectivity index (χ1) is 18.7. The van der Waals surface area contributed by atoms with Gasteiger partial charge in [0.1, 0.15) is 11.9 Å². The Hall–Kier alpha value is -4.95. The van der Waals surface area contributed by atoms with Crippen molar-refractivity contribution in [3.05, 3.63) is 78.2 Å². The van der Waals surface area contributed by atoms with E-state index in [2.05, 4.69) is 41.8 Å². The Balaban J connectivity index is 1.26. The Morgan fingerprint density at radius 2 is 1.84 bits per heavy atom. The molecule has 3 N–H and O–H groups in total. The van der Waals surface area contributed by atoms with Crippen LogP contribution >= 0.6 is 0 Å². The molecule has 0 bridgehead atoms. The van der Waals surface area contributed by atoms with Gasteiger partial charge >= 0.3 is 0 Å². The molecular formula is C27H25N9O2. The molecular weight excluding hydrogens is 482 g/mol. The smallest absolute Gasteiger partial charge is 0.239 e. The molecule has 190 valence electrons. The lowest BCUT2D eigenvalue weighted by molar-refractivity contribution is 0.161. The van der Waals surface area contributed by atoms with Crippen molar-refractivity contribution in [3.8, 4) is 34.8 Å². The summed E-state index contributed by atoms with van der Waals surface area (Å²) in [6.07, 6.45) is 6.94. The van der Waals surface area contributed by atoms with Crippen LogP contribution in [0.3, 0.4) is 0 Å². The second-order valence-electron chi connectivity index (χ2n) is 8.60. The Kier molecular flexibility index (Phi) is 7.72. The molecule has 0 radical (unpaired) electrons. The van der Waals surface area contributed by atoms with Crippen molar-refractivity contribution < 1.29 is 9.47 Å². The van der Waals surface area contributed by atoms with E-state index in [1.807, 2.05) is 24.3 Å². The predicted molar refractivity (Wildman–Crippen MR) is 139 cm³/mol. The van der Waals surface area contributed by atoms with Gasteiger partial charge in [-0.3, -0.25) is 0 Å². The number of nitrogens with one attached hydrogen (secondary N) is 3. The van der Waals surface area contributed by atoms with E-state index >= 15 is 0 Å². The molecule has 11 heteroatoms. The van der Waals surface area contributed by atoms with Gasteiger partial charge in [0.15, 0.2) is 17.4 Å². The van der Waals surface area contributed by atoms with Crippen LogP contribution in [-0.2, 0) is 6.54 Å². The van der Waals surface area contributed by atoms with Gasteiger partial charge in [-0.1, -0.05) is 24.3 Å². The van der Waals surface area contributed by atoms with Gasteiger partial charge in [-0.2, -0.15) is 10.2 Å². The van der Waals surface area contributed by atoms with Gasteiger partial charge in [-0.25, -0.2) is 20.5 Å². The van der Waals surface area contributed by atoms with Crippen LogP contribution in [0.4, 0.5) is 11.6 Å². The number of nitrogens with zero attached hydrogens (tertiary/aromatic N) is 6. The number of benzene rings is 2. The summed E-state index contributed by atoms with van der Waals surface area (Å²) in [5.41, 5.74) is 9.72. The van der Waals surface area contributed by atoms with Crippen molar-refractivity contribution >= 4 is 11.6 Å². The molecule has 1 saturated heterocycles. The lowest BCUT2D eigenvalue weighted by Crippen LogP contribution is -2.34. The van der Waals surface area contributed by atoms with E-state index in [1.165, 1.54) is 6.20 Å². The van der Waals surface area contributed by atoms with Gasteiger partial charge in [0.25, 0.3) is 0 Å². The molecule has 2 aromatic heterocycles. The van der Waals surface area contributed by atoms with Crippen molar-refractivity contribution in [3.63, 3.8) is 0 Å². The molecule has 0 unspecified atom stereocenters. The van der Waals surface area contributed by atoms with Crippen LogP contribution in [0.2, 0.25) is 0 Å². The summed E-state index contributed by atoms with van der Waals surface area (Å²) in [7, 11) is 0. The zero-order valence-electron chi connectivity index (χ0n) is 20.5. The minimum atomic E-state index is 0.131. The molecule has 38 heavy (non-hydrogen) atoms. The number of nitriles is 1. The first kappa shape index (κ1) is 24.7. The molecule has 11 nitrogen and oxygen atoms in total. The van der Waals surface area contributed by atoms with E-state index < -0.39 is 0 Å². The second-order valence-corrected chi connectivity index (χ2v) is 8.60. The number of anilines is 1. The van der Waals surface area contributed by atoms with Crippen LogP contribution in [0.15, 0.2) is 72.2 Å². The summed E-state index contributed by atoms with van der Waals surface area (Å²) < 4.78 is 11.8. The van der Waals surface area contributed by atoms with Crippen molar-refractivity contribution in [1.82, 2.24) is 25.3 Å². The fourth-order valence-corrected chi connectivity index (χ4v) is 4.00. The van der Waals surface area contributed by atoms with Gasteiger partial charge in [0, 0.05) is 12.1 Å². The third-order valence-corrected chi connectivity index (χ3v) is 5.88. The normalized spacial score (nSPS) is 13.3. The lowest BCUT2D eigenvalue weighted by Gasteiger charge is -2.23. The minimum Gasteiger partial charge on any atom is -0.487 e. The summed E-state index contributed by atoms with van der Waals surface area (Å²) in [4.78, 5) is 17.6. The van der Waals surface area contributed by atoms with E-state index in [1.54, 1.807) is 36.7 Å². The number of aromatic nitrogens is 4. The van der Waals surface area contributed by atoms with Crippen LogP contribution < -0.4 is 20.1 Å². The molecule has 4 aromatic rings. The third-order valence-electron chi connectivity index (χ3n) is 5.88. The first-order valence-electron chi connectivity index (χ1n) is 12.2. The van der Waals surface area contributed by atoms with Gasteiger partial charge in [-0.05, 0) is 55.8 Å². The summed E-state index contributed by atoms with van der Waals surface area (Å²) >= 11 is 0. The highest BCUT2D eigenvalue weighted by molar-refractivity contribution is 5.58. The molecule has 0 saturated carbocycles. The van der Waals surface area contributed by atoms with Crippen LogP contribution in [0.25, 0.3) is 11.4 Å². The third kappa shape index (κ3) is 6.24. The minimum absolute atomic E-state index is 0.131. The van der Waals surface area contributed by atoms with E-state index in [4.69, 9.17) is 20.3 Å². The molecule has 0 atom stereocenters. The second kappa shape index (κ2) is 11.9. The van der Waals surface area contributed by atoms with E-state index in [-0.39, 0.29) is 17.8 Å². The van der Waals surface area contributed by atoms with Crippen LogP contribution in [0.5, 0.6) is 17.4 Å². The summed E-state index contributed by atoms with van der Waals surface area (Å²) in [5.74, 6) is 2.37. The number of hydrogen-bond acceptors (Lipinski definition) is 11. The topological polar surface area (TPSA) is 154 Å². The van der Waals surface area contributed by atoms with E-state index in [0.29, 0.717) is 35.2 Å². The quantitative estimate of drug-likeness (QED) is 0.265. The molecule has 0 spiro atoms. The Labute approximate surface area is 219 Å². The van der Waals surface area contributed by atoms with Gasteiger partial charge < -0.3 is 20.1 Å². The maximum atomic E-state index is 9.09. The fourth-order valence-electron chi connectivity index (χ4n) is 4.00. The standard InChI is InChI=1S/C27H25N9O2/c28-13-18-3-2-6-22(12-18)38-24-17-34-27(36-29)26(35-24)31-14-19-4-1-5-20(11-19)25-32-15-23(16-33-25)37-21-7-9-30-10-8-21/h1-6,11-12,15-17,21,29-30H,7-10,14H2,(H,31,35). The fraction of sp³-hybridized carbons (Fsp3) is 0.222. The summed E-state index contributed by atoms with van der Waals surface area (Å²) in [6.45, 7) is 2.32. The van der Waals surface area contributed by atoms with Gasteiger partial charge in [-0.15, -0.1) is 5.11 Å². The van der Waals surface area contributed by atoms with Gasteiger partial charge in [0.2, 0.25) is 11.7 Å². The van der Waals surface area contributed by atoms with Crippen LogP contribution in [0.1, 0.15) is 24.0 Å². The number of piperidine rings is 1. The Bertz CT molecular complexity index is 1450. The van der Waals surface area contributed by atoms with Crippen molar-refractivity contribution in [2.45, 2.75) is 25.5 Å². The lowest BCUT2D eigenvalue weighted by atomic mass is 10.1. The average Bonchev–Trinajstić information content (AvgIpc) is 2.97. The Morgan fingerprint density at radius 1 is 1.03 bits per heavy atom. The maximum Gasteiger partial charge on any atom is 0.239 e. The van der Waals surface area contributed by atoms with E-state index in [9.17, 15) is 0 Å². The highest BCUT2D eigenvalue weighted by Gasteiger charge is 2.15. The summed E-state index contributed by atoms with van der Waals surface area (Å²) in [6, 6.07) is 16.6. The highest BCUT2D eigenvalue weighted by Crippen LogP contribution is 2.27. The largest absolute Gasteiger partial charge is 0.487 e. The highest BCUT2D eigenvalue weighted by atomic mass is 16.5. The predicted octanol–water partition coefficient (Wildman–Crippen LogP) is 5.00. The van der Waals surface area contributed by atoms with Crippen LogP contribution in [0, 0.1) is 16.9 Å². The van der Waals surface area contributed by atoms with Gasteiger partial charge in [0.05, 0.1) is 30.2 Å². The molecule has 1 fully saturated rings. The van der Waals surface area contributed by atoms with Crippen molar-refractivity contribution in [2.75, 3.05) is 18.4 Å². The molecule has 0 amide bonds. The summed E-state index contributed by atoms with van der Waals surface area (Å²) in [5, 5.41) is 19.0. The molecule has 5 rings (SSSR count). The molecule has 2 aromatic carbocycles. The zero-order chi connectivity index (χ0) is 26.2.